The van der Waals surface area contributed by atoms with Crippen molar-refractivity contribution in [1.82, 2.24) is 19.9 Å². The van der Waals surface area contributed by atoms with Gasteiger partial charge in [0, 0.05) is 51.8 Å². The third kappa shape index (κ3) is 4.26. The third-order valence-corrected chi connectivity index (χ3v) is 6.24. The van der Waals surface area contributed by atoms with Gasteiger partial charge in [-0.25, -0.2) is 15.0 Å². The Labute approximate surface area is 177 Å². The summed E-state index contributed by atoms with van der Waals surface area (Å²) in [6.07, 6.45) is 9.41. The van der Waals surface area contributed by atoms with Gasteiger partial charge >= 0.3 is 0 Å². The van der Waals surface area contributed by atoms with Gasteiger partial charge in [-0.05, 0) is 43.9 Å². The van der Waals surface area contributed by atoms with Crippen LogP contribution in [0.15, 0.2) is 35.1 Å². The number of oxazole rings is 1. The van der Waals surface area contributed by atoms with Crippen LogP contribution in [0.4, 0.5) is 5.69 Å². The van der Waals surface area contributed by atoms with Crippen LogP contribution in [-0.4, -0.2) is 58.7 Å². The summed E-state index contributed by atoms with van der Waals surface area (Å²) < 4.78 is 11.8. The molecule has 3 heterocycles. The largest absolute Gasteiger partial charge is 0.474 e. The second-order valence-electron chi connectivity index (χ2n) is 8.33. The fourth-order valence-electron chi connectivity index (χ4n) is 4.49. The van der Waals surface area contributed by atoms with E-state index in [1.165, 1.54) is 18.5 Å². The normalized spacial score (nSPS) is 18.4. The Hall–Kier alpha value is -2.67. The zero-order chi connectivity index (χ0) is 20.3. The Morgan fingerprint density at radius 3 is 2.67 bits per heavy atom. The van der Waals surface area contributed by atoms with Gasteiger partial charge in [-0.15, -0.1) is 0 Å². The van der Waals surface area contributed by atoms with Crippen LogP contribution in [0.3, 0.4) is 0 Å². The number of ether oxygens (including phenoxy) is 1. The summed E-state index contributed by atoms with van der Waals surface area (Å²) in [5.41, 5.74) is 2.17. The first-order valence-corrected chi connectivity index (χ1v) is 11.0. The number of rotatable bonds is 6. The summed E-state index contributed by atoms with van der Waals surface area (Å²) in [4.78, 5) is 18.0. The first-order valence-electron chi connectivity index (χ1n) is 11.0. The van der Waals surface area contributed by atoms with Gasteiger partial charge < -0.3 is 14.1 Å². The van der Waals surface area contributed by atoms with Gasteiger partial charge in [0.1, 0.15) is 18.2 Å². The maximum atomic E-state index is 6.23. The van der Waals surface area contributed by atoms with E-state index in [1.54, 1.807) is 6.33 Å². The lowest BCUT2D eigenvalue weighted by atomic mass is 10.1. The molecule has 0 N–H and O–H groups in total. The summed E-state index contributed by atoms with van der Waals surface area (Å²) in [6, 6.07) is 6.46. The van der Waals surface area contributed by atoms with E-state index in [4.69, 9.17) is 9.15 Å². The fraction of sp³-hybridized carbons (Fsp3) is 0.522. The standard InChI is InChI=1S/C23H29N5O2/c1-17-24-15-20(29-17)8-9-27-10-12-28(13-11-27)18-6-7-22-21(14-18)23(26-16-25-22)30-19-4-2-3-5-19/h6-7,14-16,19H,2-5,8-13H2,1H3. The number of hydrogen-bond donors (Lipinski definition) is 0. The number of aromatic nitrogens is 3. The first kappa shape index (κ1) is 19.3. The minimum absolute atomic E-state index is 0.295. The van der Waals surface area contributed by atoms with Gasteiger partial charge in [0.25, 0.3) is 0 Å². The SMILES string of the molecule is Cc1ncc(CCN2CCN(c3ccc4ncnc(OC5CCCC5)c4c3)CC2)o1. The molecule has 158 valence electrons. The van der Waals surface area contributed by atoms with Crippen LogP contribution in [0.5, 0.6) is 5.88 Å². The molecule has 0 spiro atoms. The number of aryl methyl sites for hydroxylation is 1. The van der Waals surface area contributed by atoms with Crippen LogP contribution in [-0.2, 0) is 6.42 Å². The van der Waals surface area contributed by atoms with Crippen LogP contribution in [0, 0.1) is 6.92 Å². The highest BCUT2D eigenvalue weighted by Crippen LogP contribution is 2.30. The number of nitrogens with zero attached hydrogens (tertiary/aromatic N) is 5. The van der Waals surface area contributed by atoms with Crippen molar-refractivity contribution in [2.45, 2.75) is 45.1 Å². The first-order chi connectivity index (χ1) is 14.7. The number of hydrogen-bond acceptors (Lipinski definition) is 7. The van der Waals surface area contributed by atoms with Gasteiger partial charge in [0.15, 0.2) is 5.89 Å². The van der Waals surface area contributed by atoms with Gasteiger partial charge in [0.2, 0.25) is 5.88 Å². The smallest absolute Gasteiger partial charge is 0.224 e. The van der Waals surface area contributed by atoms with Crippen molar-refractivity contribution in [3.8, 4) is 5.88 Å². The predicted molar refractivity (Wildman–Crippen MR) is 116 cm³/mol. The molecule has 2 aliphatic rings. The Balaban J connectivity index is 1.24. The summed E-state index contributed by atoms with van der Waals surface area (Å²) in [6.45, 7) is 7.00. The number of piperazine rings is 1. The van der Waals surface area contributed by atoms with Gasteiger partial charge in [0.05, 0.1) is 17.1 Å². The Kier molecular flexibility index (Phi) is 5.53. The summed E-state index contributed by atoms with van der Waals surface area (Å²) in [5, 5.41) is 1.02. The topological polar surface area (TPSA) is 67.5 Å². The van der Waals surface area contributed by atoms with E-state index in [2.05, 4.69) is 43.0 Å². The molecule has 1 saturated carbocycles. The van der Waals surface area contributed by atoms with E-state index in [0.29, 0.717) is 6.10 Å². The second kappa shape index (κ2) is 8.60. The van der Waals surface area contributed by atoms with Gasteiger partial charge in [-0.1, -0.05) is 0 Å². The van der Waals surface area contributed by atoms with Gasteiger partial charge in [-0.2, -0.15) is 0 Å². The summed E-state index contributed by atoms with van der Waals surface area (Å²) in [7, 11) is 0. The Morgan fingerprint density at radius 1 is 1.07 bits per heavy atom. The fourth-order valence-corrected chi connectivity index (χ4v) is 4.49. The molecule has 5 rings (SSSR count). The molecular weight excluding hydrogens is 378 g/mol. The highest BCUT2D eigenvalue weighted by atomic mass is 16.5. The highest BCUT2D eigenvalue weighted by Gasteiger charge is 2.21. The monoisotopic (exact) mass is 407 g/mol. The molecule has 3 aromatic rings. The van der Waals surface area contributed by atoms with Crippen LogP contribution in [0.25, 0.3) is 10.9 Å². The van der Waals surface area contributed by atoms with E-state index >= 15 is 0 Å². The third-order valence-electron chi connectivity index (χ3n) is 6.24. The van der Waals surface area contributed by atoms with Crippen LogP contribution in [0.1, 0.15) is 37.3 Å². The molecule has 1 aromatic carbocycles. The van der Waals surface area contributed by atoms with E-state index in [-0.39, 0.29) is 0 Å². The molecule has 1 aliphatic heterocycles. The zero-order valence-corrected chi connectivity index (χ0v) is 17.6. The van der Waals surface area contributed by atoms with Crippen molar-refractivity contribution in [3.63, 3.8) is 0 Å². The zero-order valence-electron chi connectivity index (χ0n) is 17.6. The molecule has 2 fully saturated rings. The molecule has 0 atom stereocenters. The van der Waals surface area contributed by atoms with Crippen molar-refractivity contribution in [3.05, 3.63) is 42.4 Å². The molecule has 0 unspecified atom stereocenters. The Morgan fingerprint density at radius 2 is 1.90 bits per heavy atom. The maximum Gasteiger partial charge on any atom is 0.224 e. The van der Waals surface area contributed by atoms with Crippen molar-refractivity contribution in [2.75, 3.05) is 37.6 Å². The molecule has 0 radical (unpaired) electrons. The maximum absolute atomic E-state index is 6.23. The van der Waals surface area contributed by atoms with E-state index < -0.39 is 0 Å². The van der Waals surface area contributed by atoms with Crippen molar-refractivity contribution < 1.29 is 9.15 Å². The van der Waals surface area contributed by atoms with Crippen LogP contribution < -0.4 is 9.64 Å². The minimum atomic E-state index is 0.295. The second-order valence-corrected chi connectivity index (χ2v) is 8.33. The number of fused-ring (bicyclic) bond motifs is 1. The molecule has 0 amide bonds. The lowest BCUT2D eigenvalue weighted by Crippen LogP contribution is -2.47. The number of benzene rings is 1. The average molecular weight is 408 g/mol. The van der Waals surface area contributed by atoms with E-state index in [1.807, 2.05) is 13.1 Å². The molecular formula is C23H29N5O2. The molecule has 7 nitrogen and oxygen atoms in total. The molecule has 1 saturated heterocycles. The van der Waals surface area contributed by atoms with Crippen LogP contribution in [0.2, 0.25) is 0 Å². The van der Waals surface area contributed by atoms with Gasteiger partial charge in [-0.3, -0.25) is 4.90 Å². The average Bonchev–Trinajstić information content (AvgIpc) is 3.44. The van der Waals surface area contributed by atoms with E-state index in [9.17, 15) is 0 Å². The highest BCUT2D eigenvalue weighted by molar-refractivity contribution is 5.86. The van der Waals surface area contributed by atoms with Crippen molar-refractivity contribution in [1.29, 1.82) is 0 Å². The molecule has 7 heteroatoms. The van der Waals surface area contributed by atoms with Crippen molar-refractivity contribution in [2.24, 2.45) is 0 Å². The summed E-state index contributed by atoms with van der Waals surface area (Å²) in [5.74, 6) is 2.44. The Bertz CT molecular complexity index is 990. The number of anilines is 1. The molecule has 2 aromatic heterocycles. The molecule has 0 bridgehead atoms. The quantitative estimate of drug-likeness (QED) is 0.618. The van der Waals surface area contributed by atoms with Crippen LogP contribution >= 0.6 is 0 Å². The van der Waals surface area contributed by atoms with Crippen molar-refractivity contribution >= 4 is 16.6 Å². The lowest BCUT2D eigenvalue weighted by molar-refractivity contribution is 0.204. The minimum Gasteiger partial charge on any atom is -0.474 e. The predicted octanol–water partition coefficient (Wildman–Crippen LogP) is 3.61. The lowest BCUT2D eigenvalue weighted by Gasteiger charge is -2.36. The summed E-state index contributed by atoms with van der Waals surface area (Å²) >= 11 is 0. The van der Waals surface area contributed by atoms with E-state index in [0.717, 1.165) is 80.4 Å². The molecule has 1 aliphatic carbocycles. The molecule has 30 heavy (non-hydrogen) atoms.